The van der Waals surface area contributed by atoms with Gasteiger partial charge in [-0.15, -0.1) is 10.2 Å². The molecule has 1 aliphatic rings. The van der Waals surface area contributed by atoms with Crippen LogP contribution in [0.5, 0.6) is 0 Å². The van der Waals surface area contributed by atoms with E-state index in [0.29, 0.717) is 16.7 Å². The number of halogens is 1. The second-order valence-electron chi connectivity index (χ2n) is 7.92. The molecule has 2 aromatic rings. The van der Waals surface area contributed by atoms with Crippen molar-refractivity contribution >= 4 is 33.4 Å². The number of aromatic nitrogens is 3. The monoisotopic (exact) mass is 469 g/mol. The molecule has 3 rings (SSSR count). The van der Waals surface area contributed by atoms with Gasteiger partial charge in [0.1, 0.15) is 5.82 Å². The number of amides is 1. The molecule has 1 fully saturated rings. The van der Waals surface area contributed by atoms with Crippen LogP contribution in [0.15, 0.2) is 29.4 Å². The molecule has 2 heterocycles. The molecule has 0 aliphatic carbocycles. The number of piperidine rings is 1. The number of hydrogen-bond acceptors (Lipinski definition) is 6. The maximum atomic E-state index is 13.2. The largest absolute Gasteiger partial charge is 0.337 e. The number of nitrogens with zero attached hydrogens (tertiary/aromatic N) is 5. The lowest BCUT2D eigenvalue weighted by Gasteiger charge is -2.39. The van der Waals surface area contributed by atoms with Gasteiger partial charge in [-0.2, -0.15) is 0 Å². The van der Waals surface area contributed by atoms with E-state index in [1.165, 1.54) is 36.0 Å². The zero-order valence-electron chi connectivity index (χ0n) is 18.2. The Bertz CT molecular complexity index is 1020. The standard InChI is InChI=1S/C20H28FN5O3S2/c1-14-6-5-7-15(2)26(14)19(27)13-30-20-23-22-18(24(20)3)12-25(31(4,28)29)17-10-8-16(21)9-11-17/h8-11,14-15H,5-7,12-13H2,1-4H3. The second kappa shape index (κ2) is 9.56. The van der Waals surface area contributed by atoms with Gasteiger partial charge in [0.25, 0.3) is 0 Å². The van der Waals surface area contributed by atoms with E-state index in [1.807, 2.05) is 4.90 Å². The first-order chi connectivity index (χ1) is 14.6. The van der Waals surface area contributed by atoms with Crippen molar-refractivity contribution in [2.45, 2.75) is 56.9 Å². The van der Waals surface area contributed by atoms with Gasteiger partial charge in [0.2, 0.25) is 15.9 Å². The molecule has 0 spiro atoms. The number of sulfonamides is 1. The first-order valence-electron chi connectivity index (χ1n) is 10.1. The number of hydrogen-bond donors (Lipinski definition) is 0. The summed E-state index contributed by atoms with van der Waals surface area (Å²) < 4.78 is 40.7. The van der Waals surface area contributed by atoms with Crippen molar-refractivity contribution in [2.24, 2.45) is 7.05 Å². The third-order valence-electron chi connectivity index (χ3n) is 5.53. The van der Waals surface area contributed by atoms with E-state index in [9.17, 15) is 17.6 Å². The van der Waals surface area contributed by atoms with Gasteiger partial charge in [-0.05, 0) is 57.4 Å². The smallest absolute Gasteiger partial charge is 0.233 e. The SMILES string of the molecule is CC1CCCC(C)N1C(=O)CSc1nnc(CN(c2ccc(F)cc2)S(C)(=O)=O)n1C. The predicted octanol–water partition coefficient (Wildman–Crippen LogP) is 2.80. The summed E-state index contributed by atoms with van der Waals surface area (Å²) in [6, 6.07) is 5.68. The van der Waals surface area contributed by atoms with Gasteiger partial charge in [-0.3, -0.25) is 9.10 Å². The third kappa shape index (κ3) is 5.57. The maximum absolute atomic E-state index is 13.2. The summed E-state index contributed by atoms with van der Waals surface area (Å²) in [5.74, 6) is 0.285. The van der Waals surface area contributed by atoms with Crippen LogP contribution in [0.4, 0.5) is 10.1 Å². The molecule has 0 saturated carbocycles. The molecule has 1 saturated heterocycles. The molecule has 1 amide bonds. The lowest BCUT2D eigenvalue weighted by molar-refractivity contribution is -0.134. The fraction of sp³-hybridized carbons (Fsp3) is 0.550. The number of carbonyl (C=O) groups excluding carboxylic acids is 1. The van der Waals surface area contributed by atoms with Gasteiger partial charge in [0, 0.05) is 19.1 Å². The topological polar surface area (TPSA) is 88.4 Å². The number of thioether (sulfide) groups is 1. The van der Waals surface area contributed by atoms with Crippen molar-refractivity contribution in [1.29, 1.82) is 0 Å². The Morgan fingerprint density at radius 1 is 1.19 bits per heavy atom. The average Bonchev–Trinajstić information content (AvgIpc) is 3.04. The van der Waals surface area contributed by atoms with Crippen LogP contribution in [-0.2, 0) is 28.4 Å². The van der Waals surface area contributed by atoms with Crippen molar-refractivity contribution in [2.75, 3.05) is 16.3 Å². The Balaban J connectivity index is 1.71. The molecule has 2 unspecified atom stereocenters. The van der Waals surface area contributed by atoms with Gasteiger partial charge < -0.3 is 9.47 Å². The van der Waals surface area contributed by atoms with E-state index in [1.54, 1.807) is 11.6 Å². The molecular weight excluding hydrogens is 441 g/mol. The van der Waals surface area contributed by atoms with Crippen molar-refractivity contribution in [3.05, 3.63) is 35.9 Å². The highest BCUT2D eigenvalue weighted by Gasteiger charge is 2.29. The van der Waals surface area contributed by atoms with E-state index in [0.717, 1.165) is 29.8 Å². The van der Waals surface area contributed by atoms with Gasteiger partial charge in [0.05, 0.1) is 24.2 Å². The molecule has 31 heavy (non-hydrogen) atoms. The molecule has 170 valence electrons. The Morgan fingerprint density at radius 3 is 2.39 bits per heavy atom. The van der Waals surface area contributed by atoms with Gasteiger partial charge in [-0.1, -0.05) is 11.8 Å². The summed E-state index contributed by atoms with van der Waals surface area (Å²) in [5.41, 5.74) is 0.337. The van der Waals surface area contributed by atoms with Crippen LogP contribution in [0.3, 0.4) is 0 Å². The Labute approximate surface area is 186 Å². The van der Waals surface area contributed by atoms with E-state index in [2.05, 4.69) is 24.0 Å². The molecule has 1 aromatic carbocycles. The molecule has 2 atom stereocenters. The van der Waals surface area contributed by atoms with Crippen LogP contribution >= 0.6 is 11.8 Å². The quantitative estimate of drug-likeness (QED) is 0.580. The third-order valence-corrected chi connectivity index (χ3v) is 7.68. The minimum atomic E-state index is -3.63. The minimum absolute atomic E-state index is 0.0529. The minimum Gasteiger partial charge on any atom is -0.337 e. The zero-order chi connectivity index (χ0) is 22.8. The highest BCUT2D eigenvalue weighted by atomic mass is 32.2. The second-order valence-corrected chi connectivity index (χ2v) is 10.8. The van der Waals surface area contributed by atoms with Gasteiger partial charge in [0.15, 0.2) is 11.0 Å². The summed E-state index contributed by atoms with van der Waals surface area (Å²) in [4.78, 5) is 14.7. The average molecular weight is 470 g/mol. The van der Waals surface area contributed by atoms with E-state index in [4.69, 9.17) is 0 Å². The molecule has 0 N–H and O–H groups in total. The number of anilines is 1. The number of benzene rings is 1. The summed E-state index contributed by atoms with van der Waals surface area (Å²) in [6.45, 7) is 4.10. The number of carbonyl (C=O) groups is 1. The summed E-state index contributed by atoms with van der Waals surface area (Å²) in [6.07, 6.45) is 4.25. The predicted molar refractivity (Wildman–Crippen MR) is 119 cm³/mol. The van der Waals surface area contributed by atoms with E-state index in [-0.39, 0.29) is 30.3 Å². The van der Waals surface area contributed by atoms with Crippen molar-refractivity contribution in [3.63, 3.8) is 0 Å². The summed E-state index contributed by atoms with van der Waals surface area (Å²) in [7, 11) is -1.89. The van der Waals surface area contributed by atoms with E-state index >= 15 is 0 Å². The van der Waals surface area contributed by atoms with Crippen LogP contribution in [0.25, 0.3) is 0 Å². The highest BCUT2D eigenvalue weighted by Crippen LogP contribution is 2.26. The zero-order valence-corrected chi connectivity index (χ0v) is 19.8. The number of likely N-dealkylation sites (tertiary alicyclic amines) is 1. The molecule has 11 heteroatoms. The fourth-order valence-corrected chi connectivity index (χ4v) is 5.51. The molecule has 0 bridgehead atoms. The Morgan fingerprint density at radius 2 is 1.81 bits per heavy atom. The molecule has 8 nitrogen and oxygen atoms in total. The first-order valence-corrected chi connectivity index (χ1v) is 13.0. The molecule has 1 aliphatic heterocycles. The Kier molecular flexibility index (Phi) is 7.25. The summed E-state index contributed by atoms with van der Waals surface area (Å²) in [5, 5.41) is 8.79. The normalized spacial score (nSPS) is 19.5. The van der Waals surface area contributed by atoms with Crippen molar-refractivity contribution in [1.82, 2.24) is 19.7 Å². The van der Waals surface area contributed by atoms with Crippen LogP contribution in [0, 0.1) is 5.82 Å². The number of rotatable bonds is 7. The van der Waals surface area contributed by atoms with E-state index < -0.39 is 15.8 Å². The lowest BCUT2D eigenvalue weighted by atomic mass is 9.98. The van der Waals surface area contributed by atoms with Gasteiger partial charge >= 0.3 is 0 Å². The Hall–Kier alpha value is -2.14. The molecule has 1 aromatic heterocycles. The highest BCUT2D eigenvalue weighted by molar-refractivity contribution is 7.99. The molecular formula is C20H28FN5O3S2. The van der Waals surface area contributed by atoms with Gasteiger partial charge in [-0.25, -0.2) is 12.8 Å². The van der Waals surface area contributed by atoms with Crippen LogP contribution in [0.2, 0.25) is 0 Å². The first kappa shape index (κ1) is 23.5. The lowest BCUT2D eigenvalue weighted by Crippen LogP contribution is -2.48. The van der Waals surface area contributed by atoms with Crippen molar-refractivity contribution < 1.29 is 17.6 Å². The fourth-order valence-electron chi connectivity index (χ4n) is 3.86. The summed E-state index contributed by atoms with van der Waals surface area (Å²) >= 11 is 1.29. The van der Waals surface area contributed by atoms with Crippen LogP contribution in [-0.4, -0.2) is 58.1 Å². The molecule has 0 radical (unpaired) electrons. The van der Waals surface area contributed by atoms with Crippen molar-refractivity contribution in [3.8, 4) is 0 Å². The van der Waals surface area contributed by atoms with Crippen LogP contribution < -0.4 is 4.31 Å². The maximum Gasteiger partial charge on any atom is 0.233 e. The van der Waals surface area contributed by atoms with Crippen LogP contribution in [0.1, 0.15) is 38.9 Å².